The van der Waals surface area contributed by atoms with Crippen molar-refractivity contribution in [2.75, 3.05) is 51.4 Å². The van der Waals surface area contributed by atoms with Crippen LogP contribution >= 0.6 is 0 Å². The maximum Gasteiger partial charge on any atom is 0.416 e. The summed E-state index contributed by atoms with van der Waals surface area (Å²) < 4.78 is 50.6. The molecule has 0 saturated carbocycles. The molecule has 1 aromatic heterocycles. The molecule has 1 fully saturated rings. The van der Waals surface area contributed by atoms with E-state index in [1.165, 1.54) is 13.2 Å². The maximum atomic E-state index is 13.2. The van der Waals surface area contributed by atoms with Crippen LogP contribution in [0, 0.1) is 6.92 Å². The van der Waals surface area contributed by atoms with Gasteiger partial charge in [0.25, 0.3) is 0 Å². The molecular weight excluding hydrogens is 477 g/mol. The van der Waals surface area contributed by atoms with Crippen LogP contribution in [0.2, 0.25) is 0 Å². The third-order valence-corrected chi connectivity index (χ3v) is 5.85. The number of methoxy groups -OCH3 is 1. The van der Waals surface area contributed by atoms with E-state index in [1.807, 2.05) is 7.05 Å². The Morgan fingerprint density at radius 2 is 1.81 bits per heavy atom. The van der Waals surface area contributed by atoms with Crippen molar-refractivity contribution in [3.8, 4) is 11.5 Å². The predicted octanol–water partition coefficient (Wildman–Crippen LogP) is 3.91. The molecule has 2 aromatic carbocycles. The number of piperazine rings is 1. The van der Waals surface area contributed by atoms with Gasteiger partial charge < -0.3 is 30.3 Å². The van der Waals surface area contributed by atoms with Crippen molar-refractivity contribution in [3.63, 3.8) is 0 Å². The maximum absolute atomic E-state index is 13.2. The molecular formula is C24H27F3N6O3. The molecule has 1 amide bonds. The summed E-state index contributed by atoms with van der Waals surface area (Å²) in [6.45, 7) is 4.29. The van der Waals surface area contributed by atoms with Crippen LogP contribution in [-0.2, 0) is 12.7 Å². The van der Waals surface area contributed by atoms with E-state index in [9.17, 15) is 18.0 Å². The molecule has 12 heteroatoms. The molecule has 1 aliphatic rings. The summed E-state index contributed by atoms with van der Waals surface area (Å²) in [6, 6.07) is 6.60. The molecule has 1 aliphatic heterocycles. The Kier molecular flexibility index (Phi) is 7.07. The number of alkyl halides is 3. The zero-order valence-electron chi connectivity index (χ0n) is 20.1. The number of nitrogen functional groups attached to an aromatic ring is 1. The normalized spacial score (nSPS) is 14.7. The lowest BCUT2D eigenvalue weighted by molar-refractivity contribution is -0.137. The number of nitrogens with one attached hydrogen (secondary N) is 1. The van der Waals surface area contributed by atoms with E-state index in [0.717, 1.165) is 25.2 Å². The minimum Gasteiger partial charge on any atom is -0.493 e. The van der Waals surface area contributed by atoms with Crippen LogP contribution in [0.25, 0.3) is 10.9 Å². The summed E-state index contributed by atoms with van der Waals surface area (Å²) in [5.74, 6) is 1.32. The number of nitrogens with zero attached hydrogens (tertiary/aromatic N) is 4. The first kappa shape index (κ1) is 25.3. The Bertz CT molecular complexity index is 1280. The van der Waals surface area contributed by atoms with Gasteiger partial charge in [0.05, 0.1) is 18.2 Å². The fraction of sp³-hybridized carbons (Fsp3) is 0.375. The lowest BCUT2D eigenvalue weighted by atomic mass is 10.1. The van der Waals surface area contributed by atoms with Gasteiger partial charge in [-0.1, -0.05) is 0 Å². The molecule has 0 unspecified atom stereocenters. The molecule has 0 spiro atoms. The van der Waals surface area contributed by atoms with E-state index in [-0.39, 0.29) is 18.0 Å². The number of aromatic nitrogens is 2. The summed E-state index contributed by atoms with van der Waals surface area (Å²) in [7, 11) is 3.44. The van der Waals surface area contributed by atoms with Gasteiger partial charge in [-0.25, -0.2) is 14.8 Å². The van der Waals surface area contributed by atoms with E-state index in [4.69, 9.17) is 15.2 Å². The highest BCUT2D eigenvalue weighted by molar-refractivity contribution is 5.92. The van der Waals surface area contributed by atoms with Crippen LogP contribution in [0.1, 0.15) is 17.0 Å². The van der Waals surface area contributed by atoms with Crippen LogP contribution in [0.4, 0.5) is 29.5 Å². The monoisotopic (exact) mass is 504 g/mol. The smallest absolute Gasteiger partial charge is 0.416 e. The predicted molar refractivity (Wildman–Crippen MR) is 129 cm³/mol. The van der Waals surface area contributed by atoms with Crippen molar-refractivity contribution in [3.05, 3.63) is 47.3 Å². The van der Waals surface area contributed by atoms with E-state index in [0.29, 0.717) is 46.9 Å². The fourth-order valence-corrected chi connectivity index (χ4v) is 3.94. The van der Waals surface area contributed by atoms with Crippen LogP contribution < -0.4 is 20.5 Å². The number of rotatable bonds is 5. The second-order valence-electron chi connectivity index (χ2n) is 8.61. The first-order valence-corrected chi connectivity index (χ1v) is 11.3. The Hall–Kier alpha value is -3.80. The number of anilines is 2. The molecule has 9 nitrogen and oxygen atoms in total. The molecule has 192 valence electrons. The largest absolute Gasteiger partial charge is 0.493 e. The minimum atomic E-state index is -4.51. The zero-order valence-corrected chi connectivity index (χ0v) is 20.1. The minimum absolute atomic E-state index is 0.00759. The van der Waals surface area contributed by atoms with Gasteiger partial charge in [0.2, 0.25) is 0 Å². The Labute approximate surface area is 206 Å². The van der Waals surface area contributed by atoms with E-state index < -0.39 is 17.8 Å². The van der Waals surface area contributed by atoms with Crippen molar-refractivity contribution in [2.45, 2.75) is 19.6 Å². The van der Waals surface area contributed by atoms with Crippen LogP contribution in [0.3, 0.4) is 0 Å². The number of aryl methyl sites for hydroxylation is 1. The SMILES string of the molecule is COc1cc2nc(C)nc(NCc3cc(N)cc(C(F)(F)F)c3)c2cc1OC(=O)N1CCN(C)CC1. The second-order valence-corrected chi connectivity index (χ2v) is 8.61. The van der Waals surface area contributed by atoms with Crippen molar-refractivity contribution in [2.24, 2.45) is 0 Å². The van der Waals surface area contributed by atoms with Gasteiger partial charge in [-0.05, 0) is 43.8 Å². The number of fused-ring (bicyclic) bond motifs is 1. The third kappa shape index (κ3) is 5.70. The van der Waals surface area contributed by atoms with Crippen LogP contribution in [0.15, 0.2) is 30.3 Å². The summed E-state index contributed by atoms with van der Waals surface area (Å²) in [5, 5.41) is 3.58. The number of hydrogen-bond donors (Lipinski definition) is 2. The first-order valence-electron chi connectivity index (χ1n) is 11.3. The molecule has 4 rings (SSSR count). The summed E-state index contributed by atoms with van der Waals surface area (Å²) in [5.41, 5.74) is 5.72. The van der Waals surface area contributed by atoms with Gasteiger partial charge in [0.15, 0.2) is 11.5 Å². The lowest BCUT2D eigenvalue weighted by Crippen LogP contribution is -2.48. The number of nitrogens with two attached hydrogens (primary N) is 1. The van der Waals surface area contributed by atoms with E-state index in [2.05, 4.69) is 20.2 Å². The zero-order chi connectivity index (χ0) is 26.0. The van der Waals surface area contributed by atoms with Crippen molar-refractivity contribution in [1.29, 1.82) is 0 Å². The quantitative estimate of drug-likeness (QED) is 0.504. The highest BCUT2D eigenvalue weighted by Crippen LogP contribution is 2.35. The van der Waals surface area contributed by atoms with Gasteiger partial charge in [-0.15, -0.1) is 0 Å². The van der Waals surface area contributed by atoms with Gasteiger partial charge in [0.1, 0.15) is 11.6 Å². The number of hydrogen-bond acceptors (Lipinski definition) is 8. The molecule has 1 saturated heterocycles. The van der Waals surface area contributed by atoms with E-state index in [1.54, 1.807) is 24.0 Å². The highest BCUT2D eigenvalue weighted by atomic mass is 19.4. The summed E-state index contributed by atoms with van der Waals surface area (Å²) in [4.78, 5) is 25.3. The average molecular weight is 505 g/mol. The standard InChI is InChI=1S/C24H27F3N6O3/c1-14-30-19-12-20(35-3)21(36-23(34)33-6-4-32(2)5-7-33)11-18(19)22(31-14)29-13-15-8-16(24(25,26)27)10-17(28)9-15/h8-12H,4-7,13,28H2,1-3H3,(H,29,30,31). The molecule has 3 N–H and O–H groups in total. The molecule has 36 heavy (non-hydrogen) atoms. The third-order valence-electron chi connectivity index (χ3n) is 5.85. The van der Waals surface area contributed by atoms with Crippen molar-refractivity contribution in [1.82, 2.24) is 19.8 Å². The molecule has 0 aliphatic carbocycles. The molecule has 3 aromatic rings. The van der Waals surface area contributed by atoms with Crippen molar-refractivity contribution < 1.29 is 27.4 Å². The molecule has 0 radical (unpaired) electrons. The first-order chi connectivity index (χ1) is 17.0. The van der Waals surface area contributed by atoms with Gasteiger partial charge >= 0.3 is 12.3 Å². The molecule has 0 atom stereocenters. The average Bonchev–Trinajstić information content (AvgIpc) is 2.81. The van der Waals surface area contributed by atoms with Crippen LogP contribution in [0.5, 0.6) is 11.5 Å². The number of halogens is 3. The second kappa shape index (κ2) is 10.1. The number of amides is 1. The van der Waals surface area contributed by atoms with Gasteiger partial charge in [0, 0.05) is 49.9 Å². The number of likely N-dealkylation sites (N-methyl/N-ethyl adjacent to an activating group) is 1. The lowest BCUT2D eigenvalue weighted by Gasteiger charge is -2.31. The molecule has 0 bridgehead atoms. The number of carbonyl (C=O) groups excluding carboxylic acids is 1. The Morgan fingerprint density at radius 1 is 1.08 bits per heavy atom. The van der Waals surface area contributed by atoms with Crippen molar-refractivity contribution >= 4 is 28.5 Å². The van der Waals surface area contributed by atoms with Gasteiger partial charge in [-0.3, -0.25) is 0 Å². The molecule has 2 heterocycles. The highest BCUT2D eigenvalue weighted by Gasteiger charge is 2.31. The Balaban J connectivity index is 1.63. The fourth-order valence-electron chi connectivity index (χ4n) is 3.94. The summed E-state index contributed by atoms with van der Waals surface area (Å²) >= 11 is 0. The number of ether oxygens (including phenoxy) is 2. The topological polar surface area (TPSA) is 106 Å². The number of carbonyl (C=O) groups is 1. The van der Waals surface area contributed by atoms with Crippen LogP contribution in [-0.4, -0.2) is 66.2 Å². The number of benzene rings is 2. The Morgan fingerprint density at radius 3 is 2.47 bits per heavy atom. The summed E-state index contributed by atoms with van der Waals surface area (Å²) in [6.07, 6.45) is -5.01. The van der Waals surface area contributed by atoms with Gasteiger partial charge in [-0.2, -0.15) is 13.2 Å². The van der Waals surface area contributed by atoms with E-state index >= 15 is 0 Å².